The monoisotopic (exact) mass is 450 g/mol. The van der Waals surface area contributed by atoms with Crippen LogP contribution in [0.3, 0.4) is 0 Å². The summed E-state index contributed by atoms with van der Waals surface area (Å²) in [5, 5.41) is 0. The first-order chi connectivity index (χ1) is 15.8. The molecule has 8 nitrogen and oxygen atoms in total. The summed E-state index contributed by atoms with van der Waals surface area (Å²) < 4.78 is 16.7. The van der Waals surface area contributed by atoms with Gasteiger partial charge in [-0.05, 0) is 50.6 Å². The highest BCUT2D eigenvalue weighted by Gasteiger charge is 2.72. The van der Waals surface area contributed by atoms with Gasteiger partial charge in [-0.2, -0.15) is 0 Å². The highest BCUT2D eigenvalue weighted by molar-refractivity contribution is 6.24. The molecule has 0 aromatic heterocycles. The van der Waals surface area contributed by atoms with Crippen LogP contribution in [0.4, 0.5) is 10.5 Å². The maximum absolute atomic E-state index is 13.9. The molecule has 0 aliphatic carbocycles. The number of rotatable bonds is 4. The van der Waals surface area contributed by atoms with Crippen molar-refractivity contribution in [3.63, 3.8) is 0 Å². The summed E-state index contributed by atoms with van der Waals surface area (Å²) in [5.41, 5.74) is 0.764. The second-order valence-corrected chi connectivity index (χ2v) is 8.83. The zero-order chi connectivity index (χ0) is 23.5. The smallest absolute Gasteiger partial charge is 0.332 e. The Balaban J connectivity index is 1.68. The van der Waals surface area contributed by atoms with Gasteiger partial charge in [0.2, 0.25) is 0 Å². The van der Waals surface area contributed by atoms with Crippen LogP contribution in [0.2, 0.25) is 0 Å². The molecule has 4 atom stereocenters. The summed E-state index contributed by atoms with van der Waals surface area (Å²) in [5.74, 6) is -0.991. The fraction of sp³-hybridized carbons (Fsp3) is 0.400. The number of carbonyl (C=O) groups is 3. The molecule has 3 unspecified atom stereocenters. The minimum absolute atomic E-state index is 0.182. The van der Waals surface area contributed by atoms with Gasteiger partial charge in [0.1, 0.15) is 17.0 Å². The quantitative estimate of drug-likeness (QED) is 0.524. The molecule has 2 fully saturated rings. The van der Waals surface area contributed by atoms with E-state index in [4.69, 9.17) is 14.2 Å². The SMILES string of the molecule is CCOC(=O)C1C2COc3cc(OC)ccc3C2N2C(=O)N(c3cccc(C)c3)C(=O)[C@]12C. The molecule has 0 saturated carbocycles. The van der Waals surface area contributed by atoms with Crippen molar-refractivity contribution < 1.29 is 28.6 Å². The summed E-state index contributed by atoms with van der Waals surface area (Å²) in [7, 11) is 1.57. The van der Waals surface area contributed by atoms with Crippen LogP contribution in [0, 0.1) is 18.8 Å². The molecule has 3 amide bonds. The number of fused-ring (bicyclic) bond motifs is 5. The highest BCUT2D eigenvalue weighted by atomic mass is 16.5. The Bertz CT molecular complexity index is 1160. The van der Waals surface area contributed by atoms with Crippen molar-refractivity contribution >= 4 is 23.6 Å². The van der Waals surface area contributed by atoms with Crippen LogP contribution in [-0.2, 0) is 14.3 Å². The Hall–Kier alpha value is -3.55. The van der Waals surface area contributed by atoms with Crippen molar-refractivity contribution in [3.05, 3.63) is 53.6 Å². The first-order valence-corrected chi connectivity index (χ1v) is 11.0. The van der Waals surface area contributed by atoms with E-state index in [2.05, 4.69) is 0 Å². The summed E-state index contributed by atoms with van der Waals surface area (Å²) in [6.07, 6.45) is 0. The lowest BCUT2D eigenvalue weighted by atomic mass is 9.77. The first kappa shape index (κ1) is 21.3. The van der Waals surface area contributed by atoms with Gasteiger partial charge in [0.05, 0.1) is 38.0 Å². The van der Waals surface area contributed by atoms with Gasteiger partial charge in [0, 0.05) is 17.5 Å². The number of esters is 1. The molecule has 3 aliphatic heterocycles. The Morgan fingerprint density at radius 1 is 1.21 bits per heavy atom. The lowest BCUT2D eigenvalue weighted by molar-refractivity contribution is -0.154. The molecule has 5 rings (SSSR count). The van der Waals surface area contributed by atoms with E-state index in [1.54, 1.807) is 56.2 Å². The minimum Gasteiger partial charge on any atom is -0.497 e. The second-order valence-electron chi connectivity index (χ2n) is 8.83. The molecule has 2 aromatic carbocycles. The molecule has 0 bridgehead atoms. The standard InChI is InChI=1S/C25H26N2O6/c1-5-32-22(28)20-18-13-33-19-12-16(31-4)9-10-17(19)21(18)27-24(30)26(23(29)25(20,27)3)15-8-6-7-14(2)11-15/h6-12,18,20-21H,5,13H2,1-4H3/t18?,20?,21?,25-/m0/s1. The summed E-state index contributed by atoms with van der Waals surface area (Å²) in [6, 6.07) is 11.7. The third kappa shape index (κ3) is 2.86. The van der Waals surface area contributed by atoms with Crippen LogP contribution >= 0.6 is 0 Å². The van der Waals surface area contributed by atoms with Gasteiger partial charge in [-0.3, -0.25) is 9.59 Å². The number of benzene rings is 2. The van der Waals surface area contributed by atoms with Crippen LogP contribution < -0.4 is 14.4 Å². The average molecular weight is 450 g/mol. The minimum atomic E-state index is -1.40. The predicted molar refractivity (Wildman–Crippen MR) is 119 cm³/mol. The number of hydrogen-bond donors (Lipinski definition) is 0. The first-order valence-electron chi connectivity index (χ1n) is 11.0. The largest absolute Gasteiger partial charge is 0.497 e. The molecule has 0 radical (unpaired) electrons. The van der Waals surface area contributed by atoms with E-state index in [0.29, 0.717) is 17.2 Å². The van der Waals surface area contributed by atoms with E-state index >= 15 is 0 Å². The van der Waals surface area contributed by atoms with Gasteiger partial charge in [0.15, 0.2) is 0 Å². The number of aryl methyl sites for hydroxylation is 1. The van der Waals surface area contributed by atoms with Crippen molar-refractivity contribution in [3.8, 4) is 11.5 Å². The van der Waals surface area contributed by atoms with Crippen LogP contribution in [0.1, 0.15) is 31.0 Å². The predicted octanol–water partition coefficient (Wildman–Crippen LogP) is 3.47. The molecule has 0 spiro atoms. The summed E-state index contributed by atoms with van der Waals surface area (Å²) >= 11 is 0. The van der Waals surface area contributed by atoms with Gasteiger partial charge in [-0.1, -0.05) is 12.1 Å². The lowest BCUT2D eigenvalue weighted by Gasteiger charge is -2.34. The van der Waals surface area contributed by atoms with Crippen molar-refractivity contribution in [2.75, 3.05) is 25.2 Å². The van der Waals surface area contributed by atoms with Crippen LogP contribution in [0.25, 0.3) is 0 Å². The van der Waals surface area contributed by atoms with Gasteiger partial charge < -0.3 is 19.1 Å². The summed E-state index contributed by atoms with van der Waals surface area (Å²) in [6.45, 7) is 5.67. The average Bonchev–Trinajstić information content (AvgIpc) is 3.18. The van der Waals surface area contributed by atoms with E-state index in [0.717, 1.165) is 11.1 Å². The summed E-state index contributed by atoms with van der Waals surface area (Å²) in [4.78, 5) is 43.7. The van der Waals surface area contributed by atoms with E-state index in [1.165, 1.54) is 4.90 Å². The number of methoxy groups -OCH3 is 1. The molecular weight excluding hydrogens is 424 g/mol. The Morgan fingerprint density at radius 2 is 2.00 bits per heavy atom. The maximum atomic E-state index is 13.9. The molecule has 2 saturated heterocycles. The van der Waals surface area contributed by atoms with Crippen LogP contribution in [0.5, 0.6) is 11.5 Å². The zero-order valence-corrected chi connectivity index (χ0v) is 19.0. The topological polar surface area (TPSA) is 85.4 Å². The molecule has 0 N–H and O–H groups in total. The van der Waals surface area contributed by atoms with E-state index in [9.17, 15) is 14.4 Å². The molecule has 8 heteroatoms. The number of carbonyl (C=O) groups excluding carboxylic acids is 3. The van der Waals surface area contributed by atoms with Crippen molar-refractivity contribution in [1.29, 1.82) is 0 Å². The van der Waals surface area contributed by atoms with E-state index in [1.807, 2.05) is 19.1 Å². The van der Waals surface area contributed by atoms with Crippen molar-refractivity contribution in [2.24, 2.45) is 11.8 Å². The molecular formula is C25H26N2O6. The van der Waals surface area contributed by atoms with Gasteiger partial charge >= 0.3 is 12.0 Å². The number of imide groups is 1. The number of hydrogen-bond acceptors (Lipinski definition) is 6. The Labute approximate surface area is 192 Å². The fourth-order valence-corrected chi connectivity index (χ4v) is 5.59. The zero-order valence-electron chi connectivity index (χ0n) is 19.0. The number of amides is 3. The highest BCUT2D eigenvalue weighted by Crippen LogP contribution is 2.58. The second kappa shape index (κ2) is 7.50. The molecule has 172 valence electrons. The number of nitrogens with zero attached hydrogens (tertiary/aromatic N) is 2. The van der Waals surface area contributed by atoms with Crippen LogP contribution in [-0.4, -0.2) is 48.7 Å². The van der Waals surface area contributed by atoms with Gasteiger partial charge in [-0.15, -0.1) is 0 Å². The third-order valence-electron chi connectivity index (χ3n) is 7.02. The van der Waals surface area contributed by atoms with Crippen molar-refractivity contribution in [1.82, 2.24) is 4.90 Å². The molecule has 33 heavy (non-hydrogen) atoms. The van der Waals surface area contributed by atoms with E-state index < -0.39 is 41.3 Å². The van der Waals surface area contributed by atoms with Gasteiger partial charge in [-0.25, -0.2) is 9.69 Å². The number of ether oxygens (including phenoxy) is 3. The van der Waals surface area contributed by atoms with Crippen LogP contribution in [0.15, 0.2) is 42.5 Å². The Morgan fingerprint density at radius 3 is 2.70 bits per heavy atom. The number of urea groups is 1. The number of anilines is 1. The normalized spacial score (nSPS) is 27.6. The van der Waals surface area contributed by atoms with E-state index in [-0.39, 0.29) is 13.2 Å². The Kier molecular flexibility index (Phi) is 4.84. The van der Waals surface area contributed by atoms with Crippen molar-refractivity contribution in [2.45, 2.75) is 32.4 Å². The fourth-order valence-electron chi connectivity index (χ4n) is 5.59. The third-order valence-corrected chi connectivity index (χ3v) is 7.02. The molecule has 3 aliphatic rings. The molecule has 2 aromatic rings. The maximum Gasteiger partial charge on any atom is 0.332 e. The van der Waals surface area contributed by atoms with Gasteiger partial charge in [0.25, 0.3) is 5.91 Å². The lowest BCUT2D eigenvalue weighted by Crippen LogP contribution is -2.51. The molecule has 3 heterocycles.